The number of hydrogen-bond acceptors (Lipinski definition) is 6. The molecule has 0 aliphatic carbocycles. The zero-order valence-corrected chi connectivity index (χ0v) is 22.6. The third-order valence-corrected chi connectivity index (χ3v) is 8.41. The van der Waals surface area contributed by atoms with Crippen molar-refractivity contribution in [3.8, 4) is 0 Å². The number of para-hydroxylation sites is 1. The second-order valence-electron chi connectivity index (χ2n) is 9.15. The lowest BCUT2D eigenvalue weighted by atomic mass is 9.92. The summed E-state index contributed by atoms with van der Waals surface area (Å²) in [4.78, 5) is 11.8. The Bertz CT molecular complexity index is 1570. The van der Waals surface area contributed by atoms with Crippen molar-refractivity contribution >= 4 is 51.3 Å². The number of halogens is 1. The molecule has 5 nitrogen and oxygen atoms in total. The van der Waals surface area contributed by atoms with Crippen LogP contribution in [0.5, 0.6) is 0 Å². The zero-order valence-electron chi connectivity index (χ0n) is 21.0. The minimum atomic E-state index is -0.973. The molecule has 0 N–H and O–H groups in total. The van der Waals surface area contributed by atoms with Gasteiger partial charge in [-0.15, -0.1) is 0 Å². The third kappa shape index (κ3) is 4.01. The Morgan fingerprint density at radius 3 is 2.13 bits per heavy atom. The average Bonchev–Trinajstić information content (AvgIpc) is 3.36. The first-order valence-electron chi connectivity index (χ1n) is 12.5. The summed E-state index contributed by atoms with van der Waals surface area (Å²) in [5.74, 6) is -0.0961. The van der Waals surface area contributed by atoms with Gasteiger partial charge in [-0.2, -0.15) is 10.2 Å². The Morgan fingerprint density at radius 1 is 0.816 bits per heavy atom. The first-order chi connectivity index (χ1) is 18.5. The molecule has 4 aromatic carbocycles. The SMILES string of the molecule is CCc1ccc(C2=NN(c3ccccc3)[C@@]3(SC(C(C)=O)=NN3c3ccc(Cl)cc3)c3ccccc32)cc1. The van der Waals surface area contributed by atoms with Gasteiger partial charge in [0.1, 0.15) is 0 Å². The van der Waals surface area contributed by atoms with Gasteiger partial charge in [-0.1, -0.05) is 85.3 Å². The molecule has 0 unspecified atom stereocenters. The molecular weight excluding hydrogens is 512 g/mol. The number of carbonyl (C=O) groups excluding carboxylic acids is 1. The van der Waals surface area contributed by atoms with Gasteiger partial charge in [0.2, 0.25) is 4.99 Å². The maximum absolute atomic E-state index is 12.8. The normalized spacial score (nSPS) is 18.3. The lowest BCUT2D eigenvalue weighted by Gasteiger charge is -2.47. The van der Waals surface area contributed by atoms with Crippen molar-refractivity contribution in [2.24, 2.45) is 10.2 Å². The van der Waals surface area contributed by atoms with Gasteiger partial charge in [-0.25, -0.2) is 10.0 Å². The Labute approximate surface area is 231 Å². The summed E-state index contributed by atoms with van der Waals surface area (Å²) in [5.41, 5.74) is 6.85. The van der Waals surface area contributed by atoms with Crippen LogP contribution in [0.15, 0.2) is 113 Å². The van der Waals surface area contributed by atoms with Crippen molar-refractivity contribution in [3.05, 3.63) is 130 Å². The van der Waals surface area contributed by atoms with Crippen molar-refractivity contribution in [3.63, 3.8) is 0 Å². The smallest absolute Gasteiger partial charge is 0.234 e. The summed E-state index contributed by atoms with van der Waals surface area (Å²) in [6, 6.07) is 34.4. The van der Waals surface area contributed by atoms with E-state index in [0.717, 1.165) is 40.2 Å². The first kappa shape index (κ1) is 24.5. The number of nitrogens with zero attached hydrogens (tertiary/aromatic N) is 4. The molecule has 0 bridgehead atoms. The summed E-state index contributed by atoms with van der Waals surface area (Å²) in [6.07, 6.45) is 0.973. The van der Waals surface area contributed by atoms with Crippen LogP contribution in [0.25, 0.3) is 0 Å². The van der Waals surface area contributed by atoms with Gasteiger partial charge >= 0.3 is 0 Å². The van der Waals surface area contributed by atoms with Crippen LogP contribution in [0, 0.1) is 0 Å². The topological polar surface area (TPSA) is 48.3 Å². The van der Waals surface area contributed by atoms with Crippen molar-refractivity contribution in [1.29, 1.82) is 0 Å². The van der Waals surface area contributed by atoms with Crippen LogP contribution in [0.3, 0.4) is 0 Å². The van der Waals surface area contributed by atoms with Gasteiger partial charge in [0.05, 0.1) is 17.1 Å². The second-order valence-corrected chi connectivity index (χ2v) is 10.7. The van der Waals surface area contributed by atoms with Gasteiger partial charge in [-0.05, 0) is 60.1 Å². The van der Waals surface area contributed by atoms with E-state index in [1.165, 1.54) is 17.3 Å². The van der Waals surface area contributed by atoms with Crippen LogP contribution in [0.2, 0.25) is 5.02 Å². The molecule has 1 atom stereocenters. The number of ketones is 1. The number of hydrazone groups is 2. The Hall–Kier alpha value is -3.87. The summed E-state index contributed by atoms with van der Waals surface area (Å²) >= 11 is 7.65. The van der Waals surface area contributed by atoms with Gasteiger partial charge in [-0.3, -0.25) is 4.79 Å². The highest BCUT2D eigenvalue weighted by atomic mass is 35.5. The molecule has 1 spiro atoms. The van der Waals surface area contributed by atoms with Crippen LogP contribution in [0.4, 0.5) is 11.4 Å². The van der Waals surface area contributed by atoms with E-state index in [-0.39, 0.29) is 5.78 Å². The molecule has 2 aliphatic rings. The monoisotopic (exact) mass is 536 g/mol. The van der Waals surface area contributed by atoms with E-state index in [9.17, 15) is 4.79 Å². The minimum Gasteiger partial charge on any atom is -0.292 e. The molecule has 0 saturated heterocycles. The first-order valence-corrected chi connectivity index (χ1v) is 13.7. The molecule has 38 heavy (non-hydrogen) atoms. The molecule has 0 aromatic heterocycles. The molecular formula is C31H25ClN4OS. The number of rotatable bonds is 5. The maximum Gasteiger partial charge on any atom is 0.234 e. The molecule has 2 aliphatic heterocycles. The molecule has 4 aromatic rings. The fourth-order valence-electron chi connectivity index (χ4n) is 4.84. The molecule has 6 rings (SSSR count). The summed E-state index contributed by atoms with van der Waals surface area (Å²) in [7, 11) is 0. The molecule has 0 radical (unpaired) electrons. The van der Waals surface area contributed by atoms with E-state index in [1.807, 2.05) is 76.7 Å². The van der Waals surface area contributed by atoms with Gasteiger partial charge in [0, 0.05) is 28.6 Å². The standard InChI is InChI=1S/C31H25ClN4OS/c1-3-22-13-15-23(16-14-22)29-27-11-7-8-12-28(27)31(35(33-29)25-9-5-4-6-10-25)36(34-30(38-31)21(2)37)26-19-17-24(32)18-20-26/h4-20H,3H2,1-2H3/t31-/m0/s1. The largest absolute Gasteiger partial charge is 0.292 e. The van der Waals surface area contributed by atoms with E-state index in [4.69, 9.17) is 21.8 Å². The van der Waals surface area contributed by atoms with Crippen LogP contribution in [-0.4, -0.2) is 16.5 Å². The van der Waals surface area contributed by atoms with Crippen molar-refractivity contribution in [2.75, 3.05) is 10.0 Å². The summed E-state index contributed by atoms with van der Waals surface area (Å²) in [5, 5.41) is 15.1. The van der Waals surface area contributed by atoms with Crippen LogP contribution < -0.4 is 10.0 Å². The Morgan fingerprint density at radius 2 is 1.45 bits per heavy atom. The zero-order chi connectivity index (χ0) is 26.3. The Kier molecular flexibility index (Phi) is 6.30. The number of fused-ring (bicyclic) bond motifs is 2. The van der Waals surface area contributed by atoms with E-state index < -0.39 is 4.99 Å². The number of Topliss-reactive ketones (excluding diaryl/α,β-unsaturated/α-hetero) is 1. The van der Waals surface area contributed by atoms with Crippen molar-refractivity contribution < 1.29 is 4.79 Å². The fourth-order valence-corrected chi connectivity index (χ4v) is 6.25. The van der Waals surface area contributed by atoms with E-state index in [0.29, 0.717) is 10.1 Å². The molecule has 2 heterocycles. The second kappa shape index (κ2) is 9.78. The van der Waals surface area contributed by atoms with Gasteiger partial charge in [0.25, 0.3) is 0 Å². The Balaban J connectivity index is 1.64. The van der Waals surface area contributed by atoms with E-state index >= 15 is 0 Å². The predicted octanol–water partition coefficient (Wildman–Crippen LogP) is 7.44. The third-order valence-electron chi connectivity index (χ3n) is 6.75. The van der Waals surface area contributed by atoms with Crippen LogP contribution in [0.1, 0.15) is 36.1 Å². The number of hydrogen-bond donors (Lipinski definition) is 0. The quantitative estimate of drug-likeness (QED) is 0.266. The summed E-state index contributed by atoms with van der Waals surface area (Å²) < 4.78 is 0. The van der Waals surface area contributed by atoms with Crippen molar-refractivity contribution in [1.82, 2.24) is 0 Å². The number of carbonyl (C=O) groups is 1. The van der Waals surface area contributed by atoms with Gasteiger partial charge in [0.15, 0.2) is 10.8 Å². The van der Waals surface area contributed by atoms with E-state index in [1.54, 1.807) is 6.92 Å². The molecule has 0 amide bonds. The summed E-state index contributed by atoms with van der Waals surface area (Å²) in [6.45, 7) is 3.70. The molecule has 0 saturated carbocycles. The number of benzene rings is 4. The predicted molar refractivity (Wildman–Crippen MR) is 158 cm³/mol. The van der Waals surface area contributed by atoms with Crippen LogP contribution >= 0.6 is 23.4 Å². The maximum atomic E-state index is 12.8. The number of anilines is 2. The molecule has 0 fully saturated rings. The van der Waals surface area contributed by atoms with E-state index in [2.05, 4.69) is 43.3 Å². The number of aryl methyl sites for hydroxylation is 1. The average molecular weight is 537 g/mol. The number of thioether (sulfide) groups is 1. The molecule has 7 heteroatoms. The van der Waals surface area contributed by atoms with Gasteiger partial charge < -0.3 is 0 Å². The molecule has 188 valence electrons. The lowest BCUT2D eigenvalue weighted by Crippen LogP contribution is -2.54. The highest BCUT2D eigenvalue weighted by Crippen LogP contribution is 2.55. The minimum absolute atomic E-state index is 0.0961. The highest BCUT2D eigenvalue weighted by Gasteiger charge is 2.55. The lowest BCUT2D eigenvalue weighted by molar-refractivity contribution is -0.110. The fraction of sp³-hybridized carbons (Fsp3) is 0.129. The van der Waals surface area contributed by atoms with Crippen molar-refractivity contribution in [2.45, 2.75) is 25.3 Å². The van der Waals surface area contributed by atoms with Crippen LogP contribution in [-0.2, 0) is 16.2 Å². The highest BCUT2D eigenvalue weighted by molar-refractivity contribution is 8.17.